The Labute approximate surface area is 97.5 Å². The Balaban J connectivity index is 2.52. The van der Waals surface area contributed by atoms with E-state index in [0.717, 1.165) is 6.39 Å². The van der Waals surface area contributed by atoms with Gasteiger partial charge in [0.15, 0.2) is 23.8 Å². The Hall–Kier alpha value is -2.09. The number of carboxylic acid groups (broad SMARTS) is 1. The number of rotatable bonds is 6. The molecule has 1 heterocycles. The molecule has 94 valence electrons. The van der Waals surface area contributed by atoms with E-state index < -0.39 is 12.0 Å². The molecule has 17 heavy (non-hydrogen) atoms. The smallest absolute Gasteiger partial charge is 0.358 e. The molecule has 8 heteroatoms. The van der Waals surface area contributed by atoms with Crippen molar-refractivity contribution in [2.75, 3.05) is 6.54 Å². The first-order chi connectivity index (χ1) is 8.02. The van der Waals surface area contributed by atoms with Crippen LogP contribution in [-0.4, -0.2) is 28.6 Å². The zero-order valence-electron chi connectivity index (χ0n) is 9.17. The van der Waals surface area contributed by atoms with Crippen LogP contribution in [0.2, 0.25) is 0 Å². The van der Waals surface area contributed by atoms with Gasteiger partial charge in [0.25, 0.3) is 0 Å². The summed E-state index contributed by atoms with van der Waals surface area (Å²) >= 11 is 0. The number of nitrogens with two attached hydrogens (primary N) is 3. The molecular formula is C9H15N5O3. The molecule has 0 bridgehead atoms. The minimum absolute atomic E-state index is 0.0180. The minimum Gasteiger partial charge on any atom is -0.476 e. The molecule has 0 amide bonds. The van der Waals surface area contributed by atoms with Gasteiger partial charge in [-0.15, -0.1) is 0 Å². The zero-order valence-corrected chi connectivity index (χ0v) is 9.17. The molecule has 0 aromatic carbocycles. The van der Waals surface area contributed by atoms with Crippen LogP contribution in [0, 0.1) is 0 Å². The molecule has 0 aliphatic carbocycles. The predicted molar refractivity (Wildman–Crippen MR) is 60.3 cm³/mol. The Kier molecular flexibility index (Phi) is 4.46. The van der Waals surface area contributed by atoms with E-state index in [-0.39, 0.29) is 17.4 Å². The maximum atomic E-state index is 10.8. The van der Waals surface area contributed by atoms with Gasteiger partial charge < -0.3 is 26.7 Å². The summed E-state index contributed by atoms with van der Waals surface area (Å²) < 4.78 is 4.96. The molecule has 1 aromatic rings. The molecule has 1 unspecified atom stereocenters. The molecule has 0 saturated carbocycles. The molecule has 0 fully saturated rings. The molecule has 0 spiro atoms. The molecule has 8 nitrogen and oxygen atoms in total. The van der Waals surface area contributed by atoms with Crippen molar-refractivity contribution in [3.63, 3.8) is 0 Å². The van der Waals surface area contributed by atoms with Gasteiger partial charge >= 0.3 is 5.97 Å². The highest BCUT2D eigenvalue weighted by Gasteiger charge is 2.20. The fourth-order valence-electron chi connectivity index (χ4n) is 1.33. The highest BCUT2D eigenvalue weighted by Crippen LogP contribution is 2.19. The van der Waals surface area contributed by atoms with Crippen LogP contribution in [-0.2, 0) is 0 Å². The van der Waals surface area contributed by atoms with Crippen molar-refractivity contribution in [3.05, 3.63) is 17.8 Å². The quantitative estimate of drug-likeness (QED) is 0.295. The largest absolute Gasteiger partial charge is 0.476 e. The second kappa shape index (κ2) is 5.85. The van der Waals surface area contributed by atoms with Gasteiger partial charge in [0.2, 0.25) is 0 Å². The van der Waals surface area contributed by atoms with Crippen LogP contribution in [0.3, 0.4) is 0 Å². The van der Waals surface area contributed by atoms with Gasteiger partial charge in [-0.25, -0.2) is 9.78 Å². The molecule has 0 aliphatic heterocycles. The monoisotopic (exact) mass is 241 g/mol. The van der Waals surface area contributed by atoms with Gasteiger partial charge in [0, 0.05) is 6.54 Å². The predicted octanol–water partition coefficient (Wildman–Crippen LogP) is -0.574. The molecular weight excluding hydrogens is 226 g/mol. The third-order valence-electron chi connectivity index (χ3n) is 2.10. The first-order valence-corrected chi connectivity index (χ1v) is 5.00. The summed E-state index contributed by atoms with van der Waals surface area (Å²) in [6.45, 7) is 0.437. The summed E-state index contributed by atoms with van der Waals surface area (Å²) in [5.74, 6) is -0.972. The first kappa shape index (κ1) is 13.0. The highest BCUT2D eigenvalue weighted by atomic mass is 16.4. The lowest BCUT2D eigenvalue weighted by atomic mass is 10.1. The standard InChI is InChI=1S/C9H15N5O3/c10-5(2-1-3-13-9(11)12)7-6(8(15)16)14-4-17-7/h4-5H,1-3,10H2,(H,15,16)(H4,11,12,13). The van der Waals surface area contributed by atoms with E-state index in [9.17, 15) is 4.79 Å². The van der Waals surface area contributed by atoms with Crippen LogP contribution in [0.5, 0.6) is 0 Å². The lowest BCUT2D eigenvalue weighted by Crippen LogP contribution is -2.23. The van der Waals surface area contributed by atoms with Gasteiger partial charge in [-0.2, -0.15) is 0 Å². The van der Waals surface area contributed by atoms with Gasteiger partial charge in [-0.1, -0.05) is 0 Å². The second-order valence-corrected chi connectivity index (χ2v) is 3.43. The van der Waals surface area contributed by atoms with E-state index in [1.54, 1.807) is 0 Å². The third kappa shape index (κ3) is 3.76. The third-order valence-corrected chi connectivity index (χ3v) is 2.10. The molecule has 0 radical (unpaired) electrons. The van der Waals surface area contributed by atoms with Crippen molar-refractivity contribution in [3.8, 4) is 0 Å². The first-order valence-electron chi connectivity index (χ1n) is 5.00. The normalized spacial score (nSPS) is 12.1. The Morgan fingerprint density at radius 3 is 2.88 bits per heavy atom. The van der Waals surface area contributed by atoms with Crippen LogP contribution in [0.1, 0.15) is 35.1 Å². The van der Waals surface area contributed by atoms with Crippen molar-refractivity contribution in [2.24, 2.45) is 22.2 Å². The van der Waals surface area contributed by atoms with Gasteiger partial charge in [0.05, 0.1) is 6.04 Å². The fourth-order valence-corrected chi connectivity index (χ4v) is 1.33. The second-order valence-electron chi connectivity index (χ2n) is 3.43. The van der Waals surface area contributed by atoms with Crippen LogP contribution in [0.15, 0.2) is 15.8 Å². The summed E-state index contributed by atoms with van der Waals surface area (Å²) in [4.78, 5) is 18.1. The van der Waals surface area contributed by atoms with Gasteiger partial charge in [-0.05, 0) is 12.8 Å². The van der Waals surface area contributed by atoms with Crippen LogP contribution < -0.4 is 17.2 Å². The van der Waals surface area contributed by atoms with E-state index in [0.29, 0.717) is 19.4 Å². The Bertz CT molecular complexity index is 411. The van der Waals surface area contributed by atoms with Crippen LogP contribution in [0.25, 0.3) is 0 Å². The van der Waals surface area contributed by atoms with Crippen molar-refractivity contribution >= 4 is 11.9 Å². The number of carboxylic acids is 1. The van der Waals surface area contributed by atoms with Crippen molar-refractivity contribution in [1.29, 1.82) is 0 Å². The number of aromatic nitrogens is 1. The lowest BCUT2D eigenvalue weighted by Gasteiger charge is -2.07. The molecule has 1 aromatic heterocycles. The van der Waals surface area contributed by atoms with E-state index in [1.165, 1.54) is 0 Å². The maximum absolute atomic E-state index is 10.8. The number of hydrogen-bond acceptors (Lipinski definition) is 5. The molecule has 0 saturated heterocycles. The van der Waals surface area contributed by atoms with Gasteiger partial charge in [-0.3, -0.25) is 4.99 Å². The van der Waals surface area contributed by atoms with E-state index in [4.69, 9.17) is 26.7 Å². The molecule has 0 aliphatic rings. The average molecular weight is 241 g/mol. The molecule has 1 rings (SSSR count). The van der Waals surface area contributed by atoms with Crippen molar-refractivity contribution < 1.29 is 14.3 Å². The summed E-state index contributed by atoms with van der Waals surface area (Å²) in [6, 6.07) is -0.530. The Morgan fingerprint density at radius 1 is 1.59 bits per heavy atom. The number of nitrogens with zero attached hydrogens (tertiary/aromatic N) is 2. The fraction of sp³-hybridized carbons (Fsp3) is 0.444. The number of oxazole rings is 1. The number of guanidine groups is 1. The van der Waals surface area contributed by atoms with Crippen LogP contribution in [0.4, 0.5) is 0 Å². The summed E-state index contributed by atoms with van der Waals surface area (Å²) in [5, 5.41) is 8.81. The molecule has 7 N–H and O–H groups in total. The van der Waals surface area contributed by atoms with Crippen LogP contribution >= 0.6 is 0 Å². The maximum Gasteiger partial charge on any atom is 0.358 e. The average Bonchev–Trinajstić information content (AvgIpc) is 2.72. The SMILES string of the molecule is NC(N)=NCCCC(N)c1ocnc1C(=O)O. The van der Waals surface area contributed by atoms with E-state index in [1.807, 2.05) is 0 Å². The zero-order chi connectivity index (χ0) is 12.8. The summed E-state index contributed by atoms with van der Waals surface area (Å²) in [7, 11) is 0. The van der Waals surface area contributed by atoms with Crippen molar-refractivity contribution in [1.82, 2.24) is 4.98 Å². The molecule has 1 atom stereocenters. The van der Waals surface area contributed by atoms with Crippen molar-refractivity contribution in [2.45, 2.75) is 18.9 Å². The number of aliphatic imine (C=N–C) groups is 1. The minimum atomic E-state index is -1.16. The van der Waals surface area contributed by atoms with E-state index >= 15 is 0 Å². The van der Waals surface area contributed by atoms with Gasteiger partial charge in [0.1, 0.15) is 0 Å². The number of aromatic carboxylic acids is 1. The topological polar surface area (TPSA) is 154 Å². The van der Waals surface area contributed by atoms with E-state index in [2.05, 4.69) is 9.98 Å². The lowest BCUT2D eigenvalue weighted by molar-refractivity contribution is 0.0688. The Morgan fingerprint density at radius 2 is 2.29 bits per heavy atom. The number of carbonyl (C=O) groups is 1. The number of hydrogen-bond donors (Lipinski definition) is 4. The summed E-state index contributed by atoms with van der Waals surface area (Å²) in [5.41, 5.74) is 15.9. The highest BCUT2D eigenvalue weighted by molar-refractivity contribution is 5.86. The summed E-state index contributed by atoms with van der Waals surface area (Å²) in [6.07, 6.45) is 2.19.